The quantitative estimate of drug-likeness (QED) is 0.504. The van der Waals surface area contributed by atoms with Crippen LogP contribution in [-0.2, 0) is 25.6 Å². The zero-order valence-corrected chi connectivity index (χ0v) is 19.2. The van der Waals surface area contributed by atoms with Crippen LogP contribution >= 0.6 is 0 Å². The van der Waals surface area contributed by atoms with Crippen LogP contribution in [0.1, 0.15) is 38.1 Å². The number of ether oxygens (including phenoxy) is 4. The number of rotatable bonds is 5. The number of halogens is 1. The van der Waals surface area contributed by atoms with Crippen molar-refractivity contribution in [3.63, 3.8) is 0 Å². The lowest BCUT2D eigenvalue weighted by molar-refractivity contribution is -0.338. The van der Waals surface area contributed by atoms with E-state index in [9.17, 15) is 9.59 Å². The number of alkyl halides is 1. The Hall–Kier alpha value is -3.43. The van der Waals surface area contributed by atoms with Gasteiger partial charge in [0.15, 0.2) is 6.29 Å². The van der Waals surface area contributed by atoms with Gasteiger partial charge in [0.25, 0.3) is 11.8 Å². The van der Waals surface area contributed by atoms with Crippen LogP contribution in [0.2, 0.25) is 0 Å². The minimum absolute atomic E-state index is 0.0741. The molecule has 184 valence electrons. The second kappa shape index (κ2) is 9.55. The first-order valence-corrected chi connectivity index (χ1v) is 11.9. The van der Waals surface area contributed by atoms with E-state index in [-0.39, 0.29) is 24.3 Å². The molecule has 2 amide bonds. The Kier molecular flexibility index (Phi) is 6.10. The van der Waals surface area contributed by atoms with E-state index in [1.165, 1.54) is 0 Å². The van der Waals surface area contributed by atoms with Crippen molar-refractivity contribution in [2.45, 2.75) is 43.6 Å². The molecule has 0 aromatic heterocycles. The van der Waals surface area contributed by atoms with Gasteiger partial charge >= 0.3 is 0 Å². The molecule has 0 N–H and O–H groups in total. The second-order valence-electron chi connectivity index (χ2n) is 8.98. The highest BCUT2D eigenvalue weighted by molar-refractivity contribution is 6.21. The number of carbonyl (C=O) groups is 2. The van der Waals surface area contributed by atoms with Crippen LogP contribution in [-0.4, -0.2) is 54.0 Å². The van der Waals surface area contributed by atoms with E-state index in [2.05, 4.69) is 0 Å². The summed E-state index contributed by atoms with van der Waals surface area (Å²) in [5.74, 6) is -1.16. The summed E-state index contributed by atoms with van der Waals surface area (Å²) in [6.45, 7) is 0.214. The van der Waals surface area contributed by atoms with Crippen LogP contribution in [0.5, 0.6) is 0 Å². The lowest BCUT2D eigenvalue weighted by Gasteiger charge is -2.49. The molecule has 0 spiro atoms. The van der Waals surface area contributed by atoms with Gasteiger partial charge in [-0.1, -0.05) is 72.8 Å². The molecule has 3 heterocycles. The first-order chi connectivity index (χ1) is 17.6. The summed E-state index contributed by atoms with van der Waals surface area (Å²) in [5.41, 5.74) is 2.11. The van der Waals surface area contributed by atoms with Crippen molar-refractivity contribution in [3.8, 4) is 0 Å². The Morgan fingerprint density at radius 2 is 1.44 bits per heavy atom. The Labute approximate surface area is 207 Å². The molecule has 0 radical (unpaired) electrons. The molecule has 3 aromatic carbocycles. The Morgan fingerprint density at radius 3 is 2.11 bits per heavy atom. The average Bonchev–Trinajstić information content (AvgIpc) is 3.17. The second-order valence-corrected chi connectivity index (χ2v) is 8.98. The SMILES string of the molecule is O=C1c2ccccc2C(=O)N1[C@@H]1[C@@H](OCc2ccccc2)[C@@H]2O[C@H](c3ccccc3)OC[C@H]2O[C@H]1F. The van der Waals surface area contributed by atoms with Gasteiger partial charge in [0.1, 0.15) is 24.4 Å². The number of imide groups is 1. The van der Waals surface area contributed by atoms with Crippen LogP contribution < -0.4 is 0 Å². The van der Waals surface area contributed by atoms with E-state index in [0.29, 0.717) is 0 Å². The molecule has 0 bridgehead atoms. The molecule has 7 nitrogen and oxygen atoms in total. The highest BCUT2D eigenvalue weighted by Crippen LogP contribution is 2.39. The highest BCUT2D eigenvalue weighted by Gasteiger charge is 2.56. The zero-order valence-electron chi connectivity index (χ0n) is 19.2. The summed E-state index contributed by atoms with van der Waals surface area (Å²) in [4.78, 5) is 27.5. The Balaban J connectivity index is 1.35. The number of hydrogen-bond acceptors (Lipinski definition) is 6. The lowest BCUT2D eigenvalue weighted by atomic mass is 9.94. The molecule has 0 aliphatic carbocycles. The lowest BCUT2D eigenvalue weighted by Crippen LogP contribution is -2.66. The molecule has 3 aliphatic rings. The molecule has 36 heavy (non-hydrogen) atoms. The third-order valence-electron chi connectivity index (χ3n) is 6.77. The summed E-state index contributed by atoms with van der Waals surface area (Å²) < 4.78 is 39.7. The topological polar surface area (TPSA) is 74.3 Å². The fraction of sp³-hybridized carbons (Fsp3) is 0.286. The molecule has 6 atom stereocenters. The Morgan fingerprint density at radius 1 is 0.833 bits per heavy atom. The van der Waals surface area contributed by atoms with E-state index < -0.39 is 48.8 Å². The van der Waals surface area contributed by atoms with Crippen LogP contribution in [0.3, 0.4) is 0 Å². The van der Waals surface area contributed by atoms with Gasteiger partial charge in [-0.3, -0.25) is 14.5 Å². The minimum Gasteiger partial charge on any atom is -0.368 e. The fourth-order valence-corrected chi connectivity index (χ4v) is 5.03. The Bertz CT molecular complexity index is 1220. The van der Waals surface area contributed by atoms with Gasteiger partial charge in [0, 0.05) is 5.56 Å². The fourth-order valence-electron chi connectivity index (χ4n) is 5.03. The van der Waals surface area contributed by atoms with Crippen LogP contribution in [0.4, 0.5) is 4.39 Å². The van der Waals surface area contributed by atoms with Gasteiger partial charge in [0.05, 0.1) is 24.3 Å². The van der Waals surface area contributed by atoms with Gasteiger partial charge in [-0.05, 0) is 17.7 Å². The van der Waals surface area contributed by atoms with Crippen molar-refractivity contribution in [3.05, 3.63) is 107 Å². The van der Waals surface area contributed by atoms with Crippen molar-refractivity contribution in [2.75, 3.05) is 6.61 Å². The minimum atomic E-state index is -1.98. The summed E-state index contributed by atoms with van der Waals surface area (Å²) >= 11 is 0. The van der Waals surface area contributed by atoms with E-state index >= 15 is 4.39 Å². The van der Waals surface area contributed by atoms with Gasteiger partial charge < -0.3 is 18.9 Å². The van der Waals surface area contributed by atoms with E-state index in [1.54, 1.807) is 24.3 Å². The summed E-state index contributed by atoms with van der Waals surface area (Å²) in [6, 6.07) is 23.9. The molecule has 6 rings (SSSR count). The molecule has 8 heteroatoms. The molecular weight excluding hydrogens is 465 g/mol. The molecule has 3 aromatic rings. The smallest absolute Gasteiger partial charge is 0.262 e. The molecular formula is C28H24FNO6. The largest absolute Gasteiger partial charge is 0.368 e. The number of amides is 2. The van der Waals surface area contributed by atoms with Crippen LogP contribution in [0.25, 0.3) is 0 Å². The molecule has 0 unspecified atom stereocenters. The van der Waals surface area contributed by atoms with E-state index in [4.69, 9.17) is 18.9 Å². The first kappa shape index (κ1) is 23.0. The van der Waals surface area contributed by atoms with Gasteiger partial charge in [-0.2, -0.15) is 0 Å². The maximum Gasteiger partial charge on any atom is 0.262 e. The van der Waals surface area contributed by atoms with Crippen LogP contribution in [0, 0.1) is 0 Å². The van der Waals surface area contributed by atoms with Gasteiger partial charge in [-0.15, -0.1) is 0 Å². The number of fused-ring (bicyclic) bond motifs is 2. The normalized spacial score (nSPS) is 29.6. The number of hydrogen-bond donors (Lipinski definition) is 0. The monoisotopic (exact) mass is 489 g/mol. The maximum atomic E-state index is 15.7. The third kappa shape index (κ3) is 4.02. The predicted molar refractivity (Wildman–Crippen MR) is 126 cm³/mol. The zero-order chi connectivity index (χ0) is 24.6. The third-order valence-corrected chi connectivity index (χ3v) is 6.77. The van der Waals surface area contributed by atoms with Crippen molar-refractivity contribution in [1.82, 2.24) is 4.90 Å². The predicted octanol–water partition coefficient (Wildman–Crippen LogP) is 4.05. The molecule has 3 aliphatic heterocycles. The molecule has 0 saturated carbocycles. The summed E-state index contributed by atoms with van der Waals surface area (Å²) in [5, 5.41) is 0. The number of benzene rings is 3. The van der Waals surface area contributed by atoms with Gasteiger partial charge in [0.2, 0.25) is 6.36 Å². The summed E-state index contributed by atoms with van der Waals surface area (Å²) in [6.07, 6.45) is -5.25. The standard InChI is InChI=1S/C28H24FNO6/c29-25-22(30-26(31)19-13-7-8-14-20(19)27(30)32)24(33-15-17-9-3-1-4-10-17)23-21(35-25)16-34-28(36-23)18-11-5-2-6-12-18/h1-14,21-25,28H,15-16H2/t21-,22-,23-,24-,25-,28-/m1/s1. The van der Waals surface area contributed by atoms with Gasteiger partial charge in [-0.25, -0.2) is 4.39 Å². The van der Waals surface area contributed by atoms with E-state index in [0.717, 1.165) is 16.0 Å². The van der Waals surface area contributed by atoms with E-state index in [1.807, 2.05) is 60.7 Å². The van der Waals surface area contributed by atoms with Crippen molar-refractivity contribution in [2.24, 2.45) is 0 Å². The maximum absolute atomic E-state index is 15.7. The number of nitrogens with zero attached hydrogens (tertiary/aromatic N) is 1. The highest BCUT2D eigenvalue weighted by atomic mass is 19.1. The van der Waals surface area contributed by atoms with Crippen molar-refractivity contribution < 1.29 is 32.9 Å². The van der Waals surface area contributed by atoms with Crippen molar-refractivity contribution >= 4 is 11.8 Å². The summed E-state index contributed by atoms with van der Waals surface area (Å²) in [7, 11) is 0. The molecule has 2 fully saturated rings. The average molecular weight is 489 g/mol. The first-order valence-electron chi connectivity index (χ1n) is 11.9. The van der Waals surface area contributed by atoms with Crippen LogP contribution in [0.15, 0.2) is 84.9 Å². The number of carbonyl (C=O) groups excluding carboxylic acids is 2. The molecule has 2 saturated heterocycles. The van der Waals surface area contributed by atoms with Crippen molar-refractivity contribution in [1.29, 1.82) is 0 Å².